The van der Waals surface area contributed by atoms with Crippen LogP contribution in [-0.4, -0.2) is 30.3 Å². The van der Waals surface area contributed by atoms with Crippen LogP contribution in [0.4, 0.5) is 4.39 Å². The second-order valence-corrected chi connectivity index (χ2v) is 2.02. The predicted molar refractivity (Wildman–Crippen MR) is 31.1 cm³/mol. The van der Waals surface area contributed by atoms with Gasteiger partial charge in [0, 0.05) is 0 Å². The summed E-state index contributed by atoms with van der Waals surface area (Å²) in [5.74, 6) is -1.17. The van der Waals surface area contributed by atoms with Gasteiger partial charge in [-0.25, -0.2) is 4.39 Å². The van der Waals surface area contributed by atoms with E-state index in [2.05, 4.69) is 5.32 Å². The average molecular weight is 134 g/mol. The van der Waals surface area contributed by atoms with Crippen molar-refractivity contribution in [3.05, 3.63) is 0 Å². The van der Waals surface area contributed by atoms with Gasteiger partial charge in [-0.15, -0.1) is 0 Å². The fraction of sp³-hybridized carbons (Fsp3) is 0.800. The molecule has 0 fully saturated rings. The van der Waals surface area contributed by atoms with Crippen molar-refractivity contribution in [2.24, 2.45) is 0 Å². The van der Waals surface area contributed by atoms with E-state index in [9.17, 15) is 9.18 Å². The normalized spacial score (nSPS) is 16.8. The quantitative estimate of drug-likeness (QED) is 0.572. The lowest BCUT2D eigenvalue weighted by Gasteiger charge is -2.18. The molecule has 0 aromatic carbocycles. The molecule has 0 spiro atoms. The zero-order chi connectivity index (χ0) is 7.49. The van der Waals surface area contributed by atoms with E-state index in [1.807, 2.05) is 0 Å². The highest BCUT2D eigenvalue weighted by Crippen LogP contribution is 2.02. The van der Waals surface area contributed by atoms with Gasteiger partial charge in [0.1, 0.15) is 12.2 Å². The number of hydrogen-bond acceptors (Lipinski definition) is 2. The summed E-state index contributed by atoms with van der Waals surface area (Å²) in [4.78, 5) is 10.2. The summed E-state index contributed by atoms with van der Waals surface area (Å²) in [5, 5.41) is 10.7. The Morgan fingerprint density at radius 3 is 2.33 bits per heavy atom. The summed E-state index contributed by atoms with van der Waals surface area (Å²) in [6.45, 7) is 0.383. The number of nitrogens with one attached hydrogen (secondary N) is 1. The van der Waals surface area contributed by atoms with Crippen LogP contribution in [0.25, 0.3) is 0 Å². The number of rotatable bonds is 3. The fourth-order valence-electron chi connectivity index (χ4n) is 0.231. The molecule has 3 nitrogen and oxygen atoms in total. The van der Waals surface area contributed by atoms with E-state index in [1.54, 1.807) is 0 Å². The Morgan fingerprint density at radius 1 is 1.89 bits per heavy atom. The topological polar surface area (TPSA) is 49.3 Å². The van der Waals surface area contributed by atoms with Crippen LogP contribution in [0.3, 0.4) is 0 Å². The van der Waals surface area contributed by atoms with Crippen LogP contribution in [-0.2, 0) is 4.79 Å². The number of aliphatic carboxylic acids is 1. The smallest absolute Gasteiger partial charge is 0.326 e. The third-order valence-electron chi connectivity index (χ3n) is 1.29. The summed E-state index contributed by atoms with van der Waals surface area (Å²) in [5.41, 5.74) is -1.42. The molecule has 2 N–H and O–H groups in total. The summed E-state index contributed by atoms with van der Waals surface area (Å²) >= 11 is 0. The first-order valence-corrected chi connectivity index (χ1v) is 2.55. The minimum absolute atomic E-state index is 0.904. The summed E-state index contributed by atoms with van der Waals surface area (Å²) in [6, 6.07) is 0. The molecule has 54 valence electrons. The predicted octanol–water partition coefficient (Wildman–Crippen LogP) is 0.0186. The maximum absolute atomic E-state index is 11.8. The molecule has 9 heavy (non-hydrogen) atoms. The Morgan fingerprint density at radius 2 is 2.33 bits per heavy atom. The van der Waals surface area contributed by atoms with Gasteiger partial charge in [-0.1, -0.05) is 0 Å². The van der Waals surface area contributed by atoms with Crippen molar-refractivity contribution in [3.63, 3.8) is 0 Å². The van der Waals surface area contributed by atoms with Crippen LogP contribution in [0, 0.1) is 0 Å². The van der Waals surface area contributed by atoms with Crippen molar-refractivity contribution < 1.29 is 14.3 Å². The number of hydrogen-bond donors (Lipinski definition) is 2. The van der Waals surface area contributed by atoms with E-state index >= 15 is 0 Å². The van der Waals surface area contributed by atoms with Crippen LogP contribution in [0.5, 0.6) is 0 Å². The number of carboxylic acid groups (broad SMARTS) is 1. The number of halogens is 1. The van der Waals surface area contributed by atoms with Crippen molar-refractivity contribution >= 4 is 5.97 Å². The molecule has 0 saturated carbocycles. The van der Waals surface area contributed by atoms with Crippen molar-refractivity contribution in [1.82, 2.24) is 5.32 Å². The van der Waals surface area contributed by atoms with Crippen LogP contribution in [0.15, 0.2) is 0 Å². The van der Waals surface area contributed by atoms with Crippen molar-refractivity contribution in [2.75, 3.05) is 13.7 Å². The second-order valence-electron chi connectivity index (χ2n) is 2.02. The van der Waals surface area contributed by atoms with Gasteiger partial charge in [-0.2, -0.15) is 0 Å². The summed E-state index contributed by atoms with van der Waals surface area (Å²) in [7, 11) is 1.41. The molecule has 0 aromatic heterocycles. The van der Waals surface area contributed by atoms with Gasteiger partial charge in [-0.05, 0) is 14.0 Å². The Hall–Kier alpha value is -0.640. The largest absolute Gasteiger partial charge is 0.480 e. The van der Waals surface area contributed by atoms with Gasteiger partial charge in [0.15, 0.2) is 0 Å². The van der Waals surface area contributed by atoms with Gasteiger partial charge in [0.2, 0.25) is 0 Å². The molecule has 0 radical (unpaired) electrons. The average Bonchev–Trinajstić information content (AvgIpc) is 1.86. The fourth-order valence-corrected chi connectivity index (χ4v) is 0.231. The summed E-state index contributed by atoms with van der Waals surface area (Å²) in [6.07, 6.45) is 0. The molecular formula is C5H10FNO2. The van der Waals surface area contributed by atoms with Gasteiger partial charge in [-0.3, -0.25) is 4.79 Å². The molecule has 4 heteroatoms. The highest BCUT2D eigenvalue weighted by Gasteiger charge is 2.30. The second kappa shape index (κ2) is 2.77. The standard InChI is InChI=1S/C5H10FNO2/c1-5(3-6,7-2)4(8)9/h7H,3H2,1-2H3,(H,8,9)/t5-/m0/s1/i6-1. The van der Waals surface area contributed by atoms with E-state index in [4.69, 9.17) is 5.11 Å². The maximum atomic E-state index is 11.8. The minimum Gasteiger partial charge on any atom is -0.480 e. The van der Waals surface area contributed by atoms with Crippen LogP contribution in [0.2, 0.25) is 0 Å². The number of carboxylic acids is 1. The molecule has 0 aliphatic rings. The van der Waals surface area contributed by atoms with Gasteiger partial charge < -0.3 is 10.4 Å². The van der Waals surface area contributed by atoms with Crippen LogP contribution in [0.1, 0.15) is 6.92 Å². The van der Waals surface area contributed by atoms with E-state index in [0.717, 1.165) is 0 Å². The number of likely N-dealkylation sites (N-methyl/N-ethyl adjacent to an activating group) is 1. The van der Waals surface area contributed by atoms with Crippen molar-refractivity contribution in [1.29, 1.82) is 0 Å². The van der Waals surface area contributed by atoms with Crippen LogP contribution < -0.4 is 5.32 Å². The van der Waals surface area contributed by atoms with Gasteiger partial charge in [0.25, 0.3) is 0 Å². The lowest BCUT2D eigenvalue weighted by molar-refractivity contribution is -0.144. The highest BCUT2D eigenvalue weighted by atomic mass is 18.2. The van der Waals surface area contributed by atoms with Crippen molar-refractivity contribution in [3.8, 4) is 0 Å². The SMILES string of the molecule is CN[C@@](C)(C[18F])C(=O)O. The molecule has 0 rings (SSSR count). The Labute approximate surface area is 52.9 Å². The molecule has 0 saturated heterocycles. The molecule has 0 bridgehead atoms. The lowest BCUT2D eigenvalue weighted by Crippen LogP contribution is -2.49. The monoisotopic (exact) mass is 134 g/mol. The Kier molecular flexibility index (Phi) is 2.58. The minimum atomic E-state index is -1.42. The molecule has 0 amide bonds. The zero-order valence-electron chi connectivity index (χ0n) is 5.44. The molecule has 0 aromatic rings. The highest BCUT2D eigenvalue weighted by molar-refractivity contribution is 5.78. The van der Waals surface area contributed by atoms with E-state index in [-0.39, 0.29) is 0 Å². The molecule has 0 unspecified atom stereocenters. The van der Waals surface area contributed by atoms with Gasteiger partial charge in [0.05, 0.1) is 0 Å². The van der Waals surface area contributed by atoms with Crippen molar-refractivity contribution in [2.45, 2.75) is 12.5 Å². The first-order chi connectivity index (χ1) is 4.06. The third kappa shape index (κ3) is 1.64. The molecule has 0 aliphatic heterocycles. The Balaban J connectivity index is 4.09. The zero-order valence-corrected chi connectivity index (χ0v) is 5.44. The van der Waals surface area contributed by atoms with Crippen LogP contribution >= 0.6 is 0 Å². The molecule has 0 aliphatic carbocycles. The first kappa shape index (κ1) is 8.36. The lowest BCUT2D eigenvalue weighted by atomic mass is 10.1. The summed E-state index contributed by atoms with van der Waals surface area (Å²) < 4.78 is 11.8. The Bertz CT molecular complexity index is 112. The third-order valence-corrected chi connectivity index (χ3v) is 1.29. The van der Waals surface area contributed by atoms with E-state index < -0.39 is 18.2 Å². The number of carbonyl (C=O) groups is 1. The van der Waals surface area contributed by atoms with E-state index in [0.29, 0.717) is 0 Å². The molecular weight excluding hydrogens is 124 g/mol. The molecule has 1 atom stereocenters. The maximum Gasteiger partial charge on any atom is 0.326 e. The molecule has 0 heterocycles. The van der Waals surface area contributed by atoms with E-state index in [1.165, 1.54) is 14.0 Å². The number of alkyl halides is 1. The first-order valence-electron chi connectivity index (χ1n) is 2.55. The van der Waals surface area contributed by atoms with Gasteiger partial charge >= 0.3 is 5.97 Å².